The first-order valence-electron chi connectivity index (χ1n) is 10.9. The summed E-state index contributed by atoms with van der Waals surface area (Å²) in [5, 5.41) is 2.80. The van der Waals surface area contributed by atoms with Crippen molar-refractivity contribution in [1.82, 2.24) is 14.9 Å². The van der Waals surface area contributed by atoms with Crippen molar-refractivity contribution in [3.05, 3.63) is 35.4 Å². The van der Waals surface area contributed by atoms with Crippen molar-refractivity contribution in [3.8, 4) is 6.01 Å². The molecule has 1 aromatic heterocycles. The number of rotatable bonds is 9. The zero-order valence-electron chi connectivity index (χ0n) is 18.7. The Balaban J connectivity index is 1.51. The maximum Gasteiger partial charge on any atom is 0.320 e. The van der Waals surface area contributed by atoms with E-state index < -0.39 is 8.15 Å². The standard InChI is InChI=1S/C22H31N6O3P/c1-30-32(2)11-10-31-22-25-20(23)19-21(26-22)28(15-18(29)24-19)14-17-7-5-6-16(12-17)13-27-8-3-4-9-27/h5-7,12H,3-4,8-11,13-15H2,1-2H3,(H,24,29)(H2,23,25,26). The number of aromatic nitrogens is 2. The van der Waals surface area contributed by atoms with E-state index in [1.165, 1.54) is 18.4 Å². The van der Waals surface area contributed by atoms with E-state index in [9.17, 15) is 4.79 Å². The molecule has 9 nitrogen and oxygen atoms in total. The SMILES string of the molecule is COP(C)CCOc1nc(N)c2c(n1)N(Cc1cccc(CN3CCCC3)c1)CC(=O)N2. The van der Waals surface area contributed by atoms with Gasteiger partial charge in [-0.25, -0.2) is 0 Å². The molecule has 2 aliphatic heterocycles. The molecule has 1 aromatic carbocycles. The van der Waals surface area contributed by atoms with Gasteiger partial charge in [-0.2, -0.15) is 9.97 Å². The van der Waals surface area contributed by atoms with E-state index in [0.29, 0.717) is 24.7 Å². The molecule has 0 spiro atoms. The Labute approximate surface area is 190 Å². The molecule has 3 N–H and O–H groups in total. The monoisotopic (exact) mass is 458 g/mol. The van der Waals surface area contributed by atoms with Crippen molar-refractivity contribution in [2.75, 3.05) is 62.1 Å². The number of nitrogens with zero attached hydrogens (tertiary/aromatic N) is 4. The number of nitrogens with one attached hydrogen (secondary N) is 1. The highest BCUT2D eigenvalue weighted by molar-refractivity contribution is 7.51. The highest BCUT2D eigenvalue weighted by Gasteiger charge is 2.27. The van der Waals surface area contributed by atoms with Crippen LogP contribution in [0.5, 0.6) is 6.01 Å². The van der Waals surface area contributed by atoms with Crippen molar-refractivity contribution in [2.24, 2.45) is 0 Å². The average molecular weight is 459 g/mol. The Bertz CT molecular complexity index is 953. The molecule has 0 bridgehead atoms. The predicted molar refractivity (Wildman–Crippen MR) is 127 cm³/mol. The molecule has 4 rings (SSSR count). The predicted octanol–water partition coefficient (Wildman–Crippen LogP) is 2.67. The van der Waals surface area contributed by atoms with Gasteiger partial charge in [0.15, 0.2) is 11.6 Å². The Hall–Kier alpha value is -2.48. The van der Waals surface area contributed by atoms with E-state index in [1.807, 2.05) is 11.6 Å². The van der Waals surface area contributed by atoms with E-state index in [4.69, 9.17) is 15.0 Å². The summed E-state index contributed by atoms with van der Waals surface area (Å²) in [5.74, 6) is 0.658. The van der Waals surface area contributed by atoms with Crippen LogP contribution in [0.2, 0.25) is 0 Å². The Morgan fingerprint density at radius 3 is 2.69 bits per heavy atom. The molecule has 10 heteroatoms. The van der Waals surface area contributed by atoms with Crippen LogP contribution in [-0.2, 0) is 22.4 Å². The number of fused-ring (bicyclic) bond motifs is 1. The number of carbonyl (C=O) groups excluding carboxylic acids is 1. The minimum atomic E-state index is -0.531. The summed E-state index contributed by atoms with van der Waals surface area (Å²) in [6.45, 7) is 6.51. The van der Waals surface area contributed by atoms with Gasteiger partial charge in [0.1, 0.15) is 5.69 Å². The highest BCUT2D eigenvalue weighted by atomic mass is 31.1. The number of carbonyl (C=O) groups is 1. The summed E-state index contributed by atoms with van der Waals surface area (Å²) in [5.41, 5.74) is 8.98. The quantitative estimate of drug-likeness (QED) is 0.553. The van der Waals surface area contributed by atoms with Crippen LogP contribution in [-0.4, -0.2) is 67.0 Å². The fraction of sp³-hybridized carbons (Fsp3) is 0.500. The first-order valence-corrected chi connectivity index (χ1v) is 12.8. The van der Waals surface area contributed by atoms with Crippen molar-refractivity contribution in [3.63, 3.8) is 0 Å². The smallest absolute Gasteiger partial charge is 0.320 e. The average Bonchev–Trinajstić information content (AvgIpc) is 3.28. The minimum absolute atomic E-state index is 0.133. The third-order valence-electron chi connectivity index (χ3n) is 5.71. The molecule has 1 unspecified atom stereocenters. The second-order valence-corrected chi connectivity index (χ2v) is 10.2. The van der Waals surface area contributed by atoms with Gasteiger partial charge < -0.3 is 25.2 Å². The summed E-state index contributed by atoms with van der Waals surface area (Å²) in [6, 6.07) is 8.74. The fourth-order valence-electron chi connectivity index (χ4n) is 4.02. The molecular formula is C22H31N6O3P. The lowest BCUT2D eigenvalue weighted by molar-refractivity contribution is -0.115. The van der Waals surface area contributed by atoms with Gasteiger partial charge in [0.2, 0.25) is 5.91 Å². The van der Waals surface area contributed by atoms with E-state index in [0.717, 1.165) is 31.4 Å². The summed E-state index contributed by atoms with van der Waals surface area (Å²) in [7, 11) is 1.16. The number of nitrogens with two attached hydrogens (primary N) is 1. The molecule has 172 valence electrons. The largest absolute Gasteiger partial charge is 0.463 e. The van der Waals surface area contributed by atoms with E-state index in [1.54, 1.807) is 7.11 Å². The number of hydrogen-bond donors (Lipinski definition) is 2. The topological polar surface area (TPSA) is 106 Å². The number of benzene rings is 1. The molecule has 1 amide bonds. The van der Waals surface area contributed by atoms with Crippen LogP contribution in [0.3, 0.4) is 0 Å². The van der Waals surface area contributed by atoms with Crippen molar-refractivity contribution >= 4 is 31.4 Å². The van der Waals surface area contributed by atoms with Crippen LogP contribution in [0.1, 0.15) is 24.0 Å². The number of amides is 1. The molecule has 2 aliphatic rings. The van der Waals surface area contributed by atoms with Gasteiger partial charge in [-0.05, 0) is 43.7 Å². The lowest BCUT2D eigenvalue weighted by atomic mass is 10.1. The lowest BCUT2D eigenvalue weighted by Crippen LogP contribution is -2.39. The summed E-state index contributed by atoms with van der Waals surface area (Å²) < 4.78 is 11.0. The summed E-state index contributed by atoms with van der Waals surface area (Å²) >= 11 is 0. The molecule has 0 radical (unpaired) electrons. The molecule has 3 heterocycles. The maximum absolute atomic E-state index is 12.3. The van der Waals surface area contributed by atoms with Gasteiger partial charge >= 0.3 is 6.01 Å². The number of likely N-dealkylation sites (tertiary alicyclic amines) is 1. The number of hydrogen-bond acceptors (Lipinski definition) is 8. The van der Waals surface area contributed by atoms with Gasteiger partial charge in [-0.3, -0.25) is 9.69 Å². The van der Waals surface area contributed by atoms with Crippen molar-refractivity contribution < 1.29 is 14.1 Å². The number of nitrogen functional groups attached to an aromatic ring is 1. The molecule has 0 saturated carbocycles. The van der Waals surface area contributed by atoms with Gasteiger partial charge in [0, 0.05) is 34.5 Å². The van der Waals surface area contributed by atoms with Crippen LogP contribution < -0.4 is 20.7 Å². The number of anilines is 3. The molecule has 0 aliphatic carbocycles. The second-order valence-electron chi connectivity index (χ2n) is 8.18. The van der Waals surface area contributed by atoms with Gasteiger partial charge in [-0.15, -0.1) is 0 Å². The normalized spacial score (nSPS) is 17.2. The number of ether oxygens (including phenoxy) is 1. The van der Waals surface area contributed by atoms with Crippen LogP contribution in [0.4, 0.5) is 17.3 Å². The van der Waals surface area contributed by atoms with Gasteiger partial charge in [0.25, 0.3) is 0 Å². The molecule has 1 saturated heterocycles. The second kappa shape index (κ2) is 10.4. The van der Waals surface area contributed by atoms with Gasteiger partial charge in [-0.1, -0.05) is 24.3 Å². The highest BCUT2D eigenvalue weighted by Crippen LogP contribution is 2.35. The summed E-state index contributed by atoms with van der Waals surface area (Å²) in [6.07, 6.45) is 3.32. The molecule has 32 heavy (non-hydrogen) atoms. The van der Waals surface area contributed by atoms with Gasteiger partial charge in [0.05, 0.1) is 13.2 Å². The molecule has 2 aromatic rings. The van der Waals surface area contributed by atoms with E-state index in [2.05, 4.69) is 44.5 Å². The Kier molecular flexibility index (Phi) is 7.40. The third-order valence-corrected chi connectivity index (χ3v) is 7.15. The molecule has 1 atom stereocenters. The Morgan fingerprint density at radius 2 is 1.94 bits per heavy atom. The minimum Gasteiger partial charge on any atom is -0.463 e. The van der Waals surface area contributed by atoms with E-state index in [-0.39, 0.29) is 24.3 Å². The van der Waals surface area contributed by atoms with Crippen LogP contribution in [0.15, 0.2) is 24.3 Å². The van der Waals surface area contributed by atoms with Crippen molar-refractivity contribution in [2.45, 2.75) is 25.9 Å². The molecule has 1 fully saturated rings. The summed E-state index contributed by atoms with van der Waals surface area (Å²) in [4.78, 5) is 25.5. The maximum atomic E-state index is 12.3. The zero-order valence-corrected chi connectivity index (χ0v) is 19.6. The van der Waals surface area contributed by atoms with Crippen LogP contribution in [0, 0.1) is 0 Å². The molecular weight excluding hydrogens is 427 g/mol. The zero-order chi connectivity index (χ0) is 22.5. The first-order chi connectivity index (χ1) is 15.5. The van der Waals surface area contributed by atoms with Crippen LogP contribution in [0.25, 0.3) is 0 Å². The lowest BCUT2D eigenvalue weighted by Gasteiger charge is -2.30. The first kappa shape index (κ1) is 22.7. The Morgan fingerprint density at radius 1 is 1.19 bits per heavy atom. The van der Waals surface area contributed by atoms with Crippen molar-refractivity contribution in [1.29, 1.82) is 0 Å². The fourth-order valence-corrected chi connectivity index (χ4v) is 4.55. The van der Waals surface area contributed by atoms with E-state index >= 15 is 0 Å². The van der Waals surface area contributed by atoms with Crippen LogP contribution >= 0.6 is 8.15 Å². The third kappa shape index (κ3) is 5.65.